The maximum absolute atomic E-state index is 5.27. The smallest absolute Gasteiger partial charge is 0.164 e. The highest BCUT2D eigenvalue weighted by atomic mass is 32.2. The van der Waals surface area contributed by atoms with Gasteiger partial charge in [-0.15, -0.1) is 0 Å². The van der Waals surface area contributed by atoms with Gasteiger partial charge in [-0.05, 0) is 90.7 Å². The maximum atomic E-state index is 5.27. The van der Waals surface area contributed by atoms with Crippen molar-refractivity contribution in [1.29, 1.82) is 0 Å². The molecule has 1 aromatic heterocycles. The van der Waals surface area contributed by atoms with E-state index >= 15 is 0 Å². The van der Waals surface area contributed by atoms with Crippen molar-refractivity contribution in [2.45, 2.75) is 9.79 Å². The number of hydrogen-bond acceptors (Lipinski definition) is 4. The highest BCUT2D eigenvalue weighted by molar-refractivity contribution is 7.99. The van der Waals surface area contributed by atoms with Crippen LogP contribution < -0.4 is 0 Å². The van der Waals surface area contributed by atoms with Gasteiger partial charge in [0.25, 0.3) is 0 Å². The van der Waals surface area contributed by atoms with Gasteiger partial charge in [0, 0.05) is 26.5 Å². The summed E-state index contributed by atoms with van der Waals surface area (Å²) < 4.78 is 0. The van der Waals surface area contributed by atoms with Crippen LogP contribution in [0.3, 0.4) is 0 Å². The molecule has 0 bridgehead atoms. The van der Waals surface area contributed by atoms with Gasteiger partial charge in [-0.3, -0.25) is 0 Å². The molecule has 61 heavy (non-hydrogen) atoms. The second-order valence-electron chi connectivity index (χ2n) is 15.2. The number of rotatable bonds is 5. The zero-order valence-electron chi connectivity index (χ0n) is 33.1. The van der Waals surface area contributed by atoms with Gasteiger partial charge in [-0.2, -0.15) is 0 Å². The average Bonchev–Trinajstić information content (AvgIpc) is 3.36. The molecular formula is C57H37N3S. The summed E-state index contributed by atoms with van der Waals surface area (Å²) in [6.07, 6.45) is 4.50. The Labute approximate surface area is 359 Å². The Kier molecular flexibility index (Phi) is 9.45. The predicted octanol–water partition coefficient (Wildman–Crippen LogP) is 15.3. The van der Waals surface area contributed by atoms with Crippen LogP contribution in [0.15, 0.2) is 222 Å². The monoisotopic (exact) mass is 795 g/mol. The Hall–Kier alpha value is -7.66. The Morgan fingerprint density at radius 1 is 0.295 bits per heavy atom. The van der Waals surface area contributed by atoms with Crippen molar-refractivity contribution >= 4 is 34.7 Å². The van der Waals surface area contributed by atoms with Crippen LogP contribution in [0.1, 0.15) is 11.1 Å². The molecule has 0 unspecified atom stereocenters. The Balaban J connectivity index is 1.13. The standard InChI is InChI=1S/C57H37N3S/c1-3-15-38(16-4-1)43-21-13-23-45(35-43)55-58-56(46-24-14-22-44(36-46)39-17-5-2-6-18-39)60-57(59-55)47-32-31-42-30-29-40-19-7-9-25-48(40)50-27-11-12-28-53(50)61-54-49-26-10-8-20-41(49)33-34-51(54)52(42)37-47/h1-37H/b30-29-. The third-order valence-corrected chi connectivity index (χ3v) is 12.6. The molecule has 0 radical (unpaired) electrons. The molecule has 286 valence electrons. The third kappa shape index (κ3) is 7.14. The Morgan fingerprint density at radius 2 is 0.803 bits per heavy atom. The predicted molar refractivity (Wildman–Crippen MR) is 255 cm³/mol. The summed E-state index contributed by atoms with van der Waals surface area (Å²) >= 11 is 1.84. The van der Waals surface area contributed by atoms with Crippen molar-refractivity contribution in [3.8, 4) is 78.7 Å². The highest BCUT2D eigenvalue weighted by Crippen LogP contribution is 2.47. The lowest BCUT2D eigenvalue weighted by atomic mass is 9.93. The molecule has 0 aliphatic carbocycles. The summed E-state index contributed by atoms with van der Waals surface area (Å²) in [5.41, 5.74) is 14.2. The summed E-state index contributed by atoms with van der Waals surface area (Å²) in [7, 11) is 0. The molecule has 0 N–H and O–H groups in total. The Bertz CT molecular complexity index is 3180. The average molecular weight is 796 g/mol. The molecule has 3 nitrogen and oxygen atoms in total. The second kappa shape index (κ2) is 15.8. The topological polar surface area (TPSA) is 38.7 Å². The van der Waals surface area contributed by atoms with Gasteiger partial charge in [0.2, 0.25) is 0 Å². The summed E-state index contributed by atoms with van der Waals surface area (Å²) in [5, 5.41) is 2.42. The van der Waals surface area contributed by atoms with Crippen molar-refractivity contribution in [3.05, 3.63) is 223 Å². The summed E-state index contributed by atoms with van der Waals surface area (Å²) in [5.74, 6) is 1.85. The molecule has 11 rings (SSSR count). The molecule has 10 aromatic rings. The molecular weight excluding hydrogens is 759 g/mol. The fourth-order valence-electron chi connectivity index (χ4n) is 8.29. The Morgan fingerprint density at radius 3 is 1.48 bits per heavy atom. The van der Waals surface area contributed by atoms with Crippen LogP contribution in [0.25, 0.3) is 102 Å². The first kappa shape index (κ1) is 36.4. The van der Waals surface area contributed by atoms with Crippen LogP contribution in [-0.2, 0) is 0 Å². The molecule has 0 fully saturated rings. The van der Waals surface area contributed by atoms with Gasteiger partial charge in [0.1, 0.15) is 0 Å². The fraction of sp³-hybridized carbons (Fsp3) is 0. The molecule has 4 heteroatoms. The normalized spacial score (nSPS) is 12.3. The van der Waals surface area contributed by atoms with Crippen molar-refractivity contribution < 1.29 is 0 Å². The minimum atomic E-state index is 0.613. The summed E-state index contributed by atoms with van der Waals surface area (Å²) in [6.45, 7) is 0. The number of fused-ring (bicyclic) bond motifs is 8. The zero-order chi connectivity index (χ0) is 40.5. The van der Waals surface area contributed by atoms with Crippen molar-refractivity contribution in [3.63, 3.8) is 0 Å². The van der Waals surface area contributed by atoms with Crippen LogP contribution >= 0.6 is 11.8 Å². The molecule has 0 saturated heterocycles. The lowest BCUT2D eigenvalue weighted by molar-refractivity contribution is 1.07. The van der Waals surface area contributed by atoms with E-state index in [1.54, 1.807) is 0 Å². The van der Waals surface area contributed by atoms with Gasteiger partial charge in [0.15, 0.2) is 17.5 Å². The van der Waals surface area contributed by atoms with Gasteiger partial charge >= 0.3 is 0 Å². The SMILES string of the molecule is C1=C\c2ccc(-c3nc(-c4cccc(-c5ccccc5)c4)nc(-c4cccc(-c5ccccc5)c4)n3)cc2-c2ccc3ccccc3c2Sc2ccccc2-c2ccccc2/1. The van der Waals surface area contributed by atoms with E-state index in [1.165, 1.54) is 37.3 Å². The molecule has 0 saturated carbocycles. The molecule has 2 heterocycles. The van der Waals surface area contributed by atoms with Crippen LogP contribution in [0.4, 0.5) is 0 Å². The van der Waals surface area contributed by atoms with Gasteiger partial charge in [0.05, 0.1) is 0 Å². The van der Waals surface area contributed by atoms with E-state index in [4.69, 9.17) is 15.0 Å². The number of benzene rings is 9. The molecule has 9 aromatic carbocycles. The largest absolute Gasteiger partial charge is 0.208 e. The maximum Gasteiger partial charge on any atom is 0.164 e. The van der Waals surface area contributed by atoms with Gasteiger partial charge < -0.3 is 0 Å². The van der Waals surface area contributed by atoms with E-state index in [2.05, 4.69) is 212 Å². The van der Waals surface area contributed by atoms with Crippen molar-refractivity contribution in [2.75, 3.05) is 0 Å². The highest BCUT2D eigenvalue weighted by Gasteiger charge is 2.20. The number of nitrogens with zero attached hydrogens (tertiary/aromatic N) is 3. The van der Waals surface area contributed by atoms with Crippen molar-refractivity contribution in [2.24, 2.45) is 0 Å². The van der Waals surface area contributed by atoms with E-state index < -0.39 is 0 Å². The molecule has 1 aliphatic heterocycles. The van der Waals surface area contributed by atoms with Crippen LogP contribution in [0, 0.1) is 0 Å². The summed E-state index contributed by atoms with van der Waals surface area (Å²) in [4.78, 5) is 18.2. The first-order valence-corrected chi connectivity index (χ1v) is 21.3. The van der Waals surface area contributed by atoms with E-state index in [-0.39, 0.29) is 0 Å². The zero-order valence-corrected chi connectivity index (χ0v) is 33.9. The van der Waals surface area contributed by atoms with Crippen LogP contribution in [0.5, 0.6) is 0 Å². The quantitative estimate of drug-likeness (QED) is 0.174. The van der Waals surface area contributed by atoms with Gasteiger partial charge in [-0.1, -0.05) is 212 Å². The molecule has 0 atom stereocenters. The lowest BCUT2D eigenvalue weighted by Crippen LogP contribution is -2.01. The minimum Gasteiger partial charge on any atom is -0.208 e. The third-order valence-electron chi connectivity index (χ3n) is 11.4. The van der Waals surface area contributed by atoms with Crippen LogP contribution in [0.2, 0.25) is 0 Å². The molecule has 1 aliphatic rings. The number of hydrogen-bond donors (Lipinski definition) is 0. The van der Waals surface area contributed by atoms with Gasteiger partial charge in [-0.25, -0.2) is 15.0 Å². The van der Waals surface area contributed by atoms with E-state index in [9.17, 15) is 0 Å². The van der Waals surface area contributed by atoms with E-state index in [0.717, 1.165) is 55.6 Å². The van der Waals surface area contributed by atoms with E-state index in [0.29, 0.717) is 17.5 Å². The lowest BCUT2D eigenvalue weighted by Gasteiger charge is -2.17. The summed E-state index contributed by atoms with van der Waals surface area (Å²) in [6, 6.07) is 75.2. The van der Waals surface area contributed by atoms with Crippen molar-refractivity contribution in [1.82, 2.24) is 15.0 Å². The molecule has 0 spiro atoms. The van der Waals surface area contributed by atoms with E-state index in [1.807, 2.05) is 23.9 Å². The minimum absolute atomic E-state index is 0.613. The fourth-order valence-corrected chi connectivity index (χ4v) is 9.53. The number of aromatic nitrogens is 3. The first-order chi connectivity index (χ1) is 30.2. The first-order valence-electron chi connectivity index (χ1n) is 20.5. The second-order valence-corrected chi connectivity index (χ2v) is 16.2. The molecule has 0 amide bonds. The van der Waals surface area contributed by atoms with Crippen LogP contribution in [-0.4, -0.2) is 15.0 Å².